The highest BCUT2D eigenvalue weighted by molar-refractivity contribution is 5.98. The van der Waals surface area contributed by atoms with E-state index < -0.39 is 0 Å². The average molecular weight is 907 g/mol. The third-order valence-corrected chi connectivity index (χ3v) is 13.1. The third kappa shape index (κ3) is 8.57. The lowest BCUT2D eigenvalue weighted by atomic mass is 9.85. The molecule has 0 saturated heterocycles. The van der Waals surface area contributed by atoms with E-state index in [9.17, 15) is 14.4 Å². The van der Waals surface area contributed by atoms with Crippen LogP contribution in [0, 0.1) is 0 Å². The Morgan fingerprint density at radius 3 is 0.739 bits per heavy atom. The number of benzene rings is 7. The molecule has 0 bridgehead atoms. The summed E-state index contributed by atoms with van der Waals surface area (Å²) in [5.41, 5.74) is 9.95. The summed E-state index contributed by atoms with van der Waals surface area (Å²) < 4.78 is 17.4. The maximum absolute atomic E-state index is 13.3. The fourth-order valence-electron chi connectivity index (χ4n) is 9.25. The van der Waals surface area contributed by atoms with Crippen LogP contribution in [-0.2, 0) is 16.2 Å². The lowest BCUT2D eigenvalue weighted by Crippen LogP contribution is -2.14. The van der Waals surface area contributed by atoms with Crippen LogP contribution in [-0.4, -0.2) is 0 Å². The van der Waals surface area contributed by atoms with Crippen molar-refractivity contribution in [2.24, 2.45) is 0 Å². The summed E-state index contributed by atoms with van der Waals surface area (Å²) in [7, 11) is 0. The predicted octanol–water partition coefficient (Wildman–Crippen LogP) is 15.9. The number of rotatable bonds is 6. The van der Waals surface area contributed by atoms with Crippen molar-refractivity contribution < 1.29 is 13.3 Å². The van der Waals surface area contributed by atoms with Gasteiger partial charge in [-0.15, -0.1) is 0 Å². The summed E-state index contributed by atoms with van der Waals surface area (Å²) in [6.45, 7) is 18.4. The van der Waals surface area contributed by atoms with Crippen LogP contribution in [0.25, 0.3) is 99.1 Å². The van der Waals surface area contributed by atoms with E-state index in [-0.39, 0.29) is 33.1 Å². The zero-order valence-corrected chi connectivity index (χ0v) is 40.5. The SMILES string of the molecule is CC(C)(C)c1cc2cc(-c3ccccc3-c3cc(-c4ccccc4-c4ccc5c(=O)oc(C(C)(C)C)cc5c4)cc(-c4ccccc4-c4ccc5c(=O)oc(C(C)(C)C)cc5c4)c3)ccc2c(=O)o1. The minimum absolute atomic E-state index is 0.346. The smallest absolute Gasteiger partial charge is 0.343 e. The Kier molecular flexibility index (Phi) is 10.9. The zero-order valence-electron chi connectivity index (χ0n) is 40.5. The van der Waals surface area contributed by atoms with Crippen molar-refractivity contribution in [3.05, 3.63) is 212 Å². The maximum Gasteiger partial charge on any atom is 0.343 e. The van der Waals surface area contributed by atoms with Gasteiger partial charge >= 0.3 is 16.9 Å². The largest absolute Gasteiger partial charge is 0.427 e. The van der Waals surface area contributed by atoms with Gasteiger partial charge in [-0.3, -0.25) is 0 Å². The van der Waals surface area contributed by atoms with Gasteiger partial charge in [0.15, 0.2) is 0 Å². The topological polar surface area (TPSA) is 90.6 Å². The molecule has 69 heavy (non-hydrogen) atoms. The fourth-order valence-corrected chi connectivity index (χ4v) is 9.25. The molecule has 0 atom stereocenters. The van der Waals surface area contributed by atoms with Gasteiger partial charge < -0.3 is 13.3 Å². The predicted molar refractivity (Wildman–Crippen MR) is 283 cm³/mol. The van der Waals surface area contributed by atoms with Gasteiger partial charge in [-0.1, -0.05) is 153 Å². The Labute approximate surface area is 401 Å². The molecule has 6 heteroatoms. The van der Waals surface area contributed by atoms with Crippen molar-refractivity contribution in [2.45, 2.75) is 78.6 Å². The Bertz CT molecular complexity index is 3440. The van der Waals surface area contributed by atoms with Crippen LogP contribution in [0.2, 0.25) is 0 Å². The molecule has 7 aromatic carbocycles. The van der Waals surface area contributed by atoms with E-state index in [2.05, 4.69) is 109 Å². The molecule has 0 spiro atoms. The highest BCUT2D eigenvalue weighted by Gasteiger charge is 2.23. The minimum Gasteiger partial charge on any atom is -0.427 e. The molecule has 0 aliphatic carbocycles. The fraction of sp³-hybridized carbons (Fsp3) is 0.190. The highest BCUT2D eigenvalue weighted by Crippen LogP contribution is 2.43. The van der Waals surface area contributed by atoms with Gasteiger partial charge in [-0.25, -0.2) is 14.4 Å². The van der Waals surface area contributed by atoms with Crippen LogP contribution in [0.3, 0.4) is 0 Å². The first-order chi connectivity index (χ1) is 32.8. The van der Waals surface area contributed by atoms with Crippen LogP contribution in [0.4, 0.5) is 0 Å². The maximum atomic E-state index is 13.3. The molecule has 0 amide bonds. The molecule has 10 rings (SSSR count). The van der Waals surface area contributed by atoms with Crippen LogP contribution in [0.5, 0.6) is 0 Å². The minimum atomic E-state index is -0.349. The second kappa shape index (κ2) is 16.7. The molecule has 342 valence electrons. The van der Waals surface area contributed by atoms with Crippen LogP contribution in [0.15, 0.2) is 191 Å². The van der Waals surface area contributed by atoms with Crippen molar-refractivity contribution in [3.63, 3.8) is 0 Å². The van der Waals surface area contributed by atoms with E-state index in [1.165, 1.54) is 0 Å². The first-order valence-electron chi connectivity index (χ1n) is 23.5. The number of fused-ring (bicyclic) bond motifs is 3. The molecule has 0 fully saturated rings. The van der Waals surface area contributed by atoms with Crippen molar-refractivity contribution in [1.82, 2.24) is 0 Å². The van der Waals surface area contributed by atoms with E-state index in [4.69, 9.17) is 13.3 Å². The first-order valence-corrected chi connectivity index (χ1v) is 23.5. The monoisotopic (exact) mass is 906 g/mol. The molecule has 3 aromatic heterocycles. The standard InChI is InChI=1S/C63H54O6/c1-61(2,3)55-34-43-28-37(22-25-52(43)58(64)67-55)46-16-10-13-19-49(46)40-31-41(50-20-14-11-17-47(50)38-23-26-53-44(29-38)35-56(62(4,5)6)68-59(53)65)33-42(32-40)51-21-15-12-18-48(51)39-24-27-54-45(30-39)36-57(63(7,8)9)69-60(54)66/h10-36H,1-9H3. The van der Waals surface area contributed by atoms with Crippen molar-refractivity contribution >= 4 is 32.3 Å². The van der Waals surface area contributed by atoms with Gasteiger partial charge in [0.1, 0.15) is 17.3 Å². The molecule has 6 nitrogen and oxygen atoms in total. The molecule has 0 aliphatic rings. The van der Waals surface area contributed by atoms with E-state index in [0.717, 1.165) is 82.9 Å². The van der Waals surface area contributed by atoms with E-state index >= 15 is 0 Å². The van der Waals surface area contributed by atoms with Gasteiger partial charge in [0.25, 0.3) is 0 Å². The van der Waals surface area contributed by atoms with Crippen molar-refractivity contribution in [2.75, 3.05) is 0 Å². The number of hydrogen-bond acceptors (Lipinski definition) is 6. The molecule has 0 radical (unpaired) electrons. The molecule has 0 N–H and O–H groups in total. The second-order valence-electron chi connectivity index (χ2n) is 21.3. The summed E-state index contributed by atoms with van der Waals surface area (Å²) in [5.74, 6) is 1.90. The summed E-state index contributed by atoms with van der Waals surface area (Å²) in [6.07, 6.45) is 0. The summed E-state index contributed by atoms with van der Waals surface area (Å²) >= 11 is 0. The Morgan fingerprint density at radius 1 is 0.275 bits per heavy atom. The summed E-state index contributed by atoms with van der Waals surface area (Å²) in [4.78, 5) is 39.8. The molecule has 0 saturated carbocycles. The van der Waals surface area contributed by atoms with Gasteiger partial charge in [0, 0.05) is 16.2 Å². The molecule has 0 unspecified atom stereocenters. The average Bonchev–Trinajstić information content (AvgIpc) is 3.32. The van der Waals surface area contributed by atoms with Crippen molar-refractivity contribution in [3.8, 4) is 66.8 Å². The molecular formula is C63H54O6. The van der Waals surface area contributed by atoms with Crippen LogP contribution >= 0.6 is 0 Å². The van der Waals surface area contributed by atoms with Gasteiger partial charge in [0.05, 0.1) is 16.2 Å². The molecule has 3 heterocycles. The van der Waals surface area contributed by atoms with E-state index in [1.807, 2.05) is 117 Å². The van der Waals surface area contributed by atoms with Crippen LogP contribution < -0.4 is 16.9 Å². The van der Waals surface area contributed by atoms with Gasteiger partial charge in [-0.05, 0) is 156 Å². The van der Waals surface area contributed by atoms with Crippen molar-refractivity contribution in [1.29, 1.82) is 0 Å². The first kappa shape index (κ1) is 45.0. The normalized spacial score (nSPS) is 12.3. The summed E-state index contributed by atoms with van der Waals surface area (Å²) in [6, 6.07) is 55.8. The van der Waals surface area contributed by atoms with Gasteiger partial charge in [0.2, 0.25) is 0 Å². The lowest BCUT2D eigenvalue weighted by Gasteiger charge is -2.19. The second-order valence-corrected chi connectivity index (χ2v) is 21.3. The van der Waals surface area contributed by atoms with Crippen LogP contribution in [0.1, 0.15) is 79.6 Å². The highest BCUT2D eigenvalue weighted by atomic mass is 16.4. The zero-order chi connectivity index (χ0) is 48.6. The van der Waals surface area contributed by atoms with Gasteiger partial charge in [-0.2, -0.15) is 0 Å². The Hall–Kier alpha value is -7.83. The molecule has 0 aliphatic heterocycles. The summed E-state index contributed by atoms with van der Waals surface area (Å²) in [5, 5.41) is 4.09. The Morgan fingerprint density at radius 2 is 0.507 bits per heavy atom. The molecule has 10 aromatic rings. The lowest BCUT2D eigenvalue weighted by molar-refractivity contribution is 0.382. The van der Waals surface area contributed by atoms with E-state index in [1.54, 1.807) is 0 Å². The molecular weight excluding hydrogens is 853 g/mol. The van der Waals surface area contributed by atoms with E-state index in [0.29, 0.717) is 33.4 Å². The Balaban J connectivity index is 1.20. The number of hydrogen-bond donors (Lipinski definition) is 0. The quantitative estimate of drug-likeness (QED) is 0.165. The third-order valence-electron chi connectivity index (χ3n) is 13.1.